The number of thiophene rings is 1. The molecule has 3 aromatic rings. The topological polar surface area (TPSA) is 64.0 Å². The standard InChI is InChI=1S/C23H27N3O2S2/c1-4-16-9-5-8-12-18(16)24-19(27)13-29-23-25-21-20(14(2)15(3)30-21)22(28)26(23)17-10-6-7-11-17/h5,8-9,12,17H,4,6-7,10-11,13H2,1-3H3,(H,24,27). The van der Waals surface area contributed by atoms with Crippen LogP contribution in [0, 0.1) is 13.8 Å². The molecule has 0 atom stereocenters. The lowest BCUT2D eigenvalue weighted by atomic mass is 10.1. The van der Waals surface area contributed by atoms with Crippen LogP contribution in [0.4, 0.5) is 5.69 Å². The Bertz CT molecular complexity index is 1140. The lowest BCUT2D eigenvalue weighted by molar-refractivity contribution is -0.113. The van der Waals surface area contributed by atoms with Crippen LogP contribution in [0.5, 0.6) is 0 Å². The monoisotopic (exact) mass is 441 g/mol. The predicted octanol–water partition coefficient (Wildman–Crippen LogP) is 5.48. The highest BCUT2D eigenvalue weighted by molar-refractivity contribution is 7.99. The summed E-state index contributed by atoms with van der Waals surface area (Å²) < 4.78 is 1.87. The number of fused-ring (bicyclic) bond motifs is 1. The highest BCUT2D eigenvalue weighted by atomic mass is 32.2. The molecule has 1 N–H and O–H groups in total. The van der Waals surface area contributed by atoms with Gasteiger partial charge in [0.25, 0.3) is 5.56 Å². The van der Waals surface area contributed by atoms with Gasteiger partial charge in [0.15, 0.2) is 5.16 Å². The molecule has 1 aromatic carbocycles. The summed E-state index contributed by atoms with van der Waals surface area (Å²) in [5.74, 6) is 0.151. The number of para-hydroxylation sites is 1. The third kappa shape index (κ3) is 4.05. The quantitative estimate of drug-likeness (QED) is 0.406. The summed E-state index contributed by atoms with van der Waals surface area (Å²) in [6.45, 7) is 6.11. The number of anilines is 1. The second kappa shape index (κ2) is 8.94. The molecule has 0 spiro atoms. The van der Waals surface area contributed by atoms with E-state index in [1.54, 1.807) is 11.3 Å². The van der Waals surface area contributed by atoms with Gasteiger partial charge in [-0.3, -0.25) is 14.2 Å². The van der Waals surface area contributed by atoms with Gasteiger partial charge in [0, 0.05) is 16.6 Å². The smallest absolute Gasteiger partial charge is 0.263 e. The molecule has 0 unspecified atom stereocenters. The van der Waals surface area contributed by atoms with Gasteiger partial charge in [-0.05, 0) is 50.3 Å². The Morgan fingerprint density at radius 2 is 2.00 bits per heavy atom. The fraction of sp³-hybridized carbons (Fsp3) is 0.435. The molecule has 0 radical (unpaired) electrons. The molecular formula is C23H27N3O2S2. The van der Waals surface area contributed by atoms with E-state index in [9.17, 15) is 9.59 Å². The van der Waals surface area contributed by atoms with Crippen molar-refractivity contribution in [2.24, 2.45) is 0 Å². The van der Waals surface area contributed by atoms with Crippen LogP contribution in [0.15, 0.2) is 34.2 Å². The molecule has 2 heterocycles. The Balaban J connectivity index is 1.62. The molecule has 0 saturated heterocycles. The largest absolute Gasteiger partial charge is 0.325 e. The number of rotatable bonds is 6. The fourth-order valence-electron chi connectivity index (χ4n) is 4.14. The first-order valence-electron chi connectivity index (χ1n) is 10.5. The third-order valence-corrected chi connectivity index (χ3v) is 7.95. The summed E-state index contributed by atoms with van der Waals surface area (Å²) in [7, 11) is 0. The number of carbonyl (C=O) groups excluding carboxylic acids is 1. The average molecular weight is 442 g/mol. The van der Waals surface area contributed by atoms with Crippen LogP contribution in [0.25, 0.3) is 10.2 Å². The van der Waals surface area contributed by atoms with Gasteiger partial charge in [0.1, 0.15) is 4.83 Å². The van der Waals surface area contributed by atoms with E-state index in [1.807, 2.05) is 42.7 Å². The van der Waals surface area contributed by atoms with Gasteiger partial charge in [-0.25, -0.2) is 4.98 Å². The van der Waals surface area contributed by atoms with Gasteiger partial charge in [-0.15, -0.1) is 11.3 Å². The van der Waals surface area contributed by atoms with Gasteiger partial charge >= 0.3 is 0 Å². The van der Waals surface area contributed by atoms with Crippen molar-refractivity contribution in [1.82, 2.24) is 9.55 Å². The van der Waals surface area contributed by atoms with Crippen LogP contribution in [0.1, 0.15) is 54.7 Å². The first-order valence-corrected chi connectivity index (χ1v) is 12.3. The molecular weight excluding hydrogens is 414 g/mol. The van der Waals surface area contributed by atoms with E-state index in [0.717, 1.165) is 64.0 Å². The van der Waals surface area contributed by atoms with Crippen molar-refractivity contribution in [1.29, 1.82) is 0 Å². The average Bonchev–Trinajstić information content (AvgIpc) is 3.35. The van der Waals surface area contributed by atoms with E-state index in [2.05, 4.69) is 12.2 Å². The van der Waals surface area contributed by atoms with E-state index in [0.29, 0.717) is 5.16 Å². The van der Waals surface area contributed by atoms with Crippen LogP contribution < -0.4 is 10.9 Å². The molecule has 0 bridgehead atoms. The SMILES string of the molecule is CCc1ccccc1NC(=O)CSc1nc2sc(C)c(C)c2c(=O)n1C1CCCC1. The van der Waals surface area contributed by atoms with Gasteiger partial charge in [-0.2, -0.15) is 0 Å². The molecule has 1 amide bonds. The fourth-order valence-corrected chi connectivity index (χ4v) is 6.08. The van der Waals surface area contributed by atoms with Crippen LogP contribution >= 0.6 is 23.1 Å². The molecule has 7 heteroatoms. The van der Waals surface area contributed by atoms with E-state index in [-0.39, 0.29) is 23.3 Å². The van der Waals surface area contributed by atoms with Crippen molar-refractivity contribution in [2.45, 2.75) is 64.1 Å². The predicted molar refractivity (Wildman–Crippen MR) is 126 cm³/mol. The normalized spacial score (nSPS) is 14.5. The molecule has 2 aromatic heterocycles. The van der Waals surface area contributed by atoms with Crippen molar-refractivity contribution in [3.63, 3.8) is 0 Å². The summed E-state index contributed by atoms with van der Waals surface area (Å²) in [6.07, 6.45) is 5.13. The van der Waals surface area contributed by atoms with Crippen LogP contribution in [0.2, 0.25) is 0 Å². The molecule has 4 rings (SSSR count). The lowest BCUT2D eigenvalue weighted by Crippen LogP contribution is -2.27. The molecule has 30 heavy (non-hydrogen) atoms. The number of aryl methyl sites for hydroxylation is 3. The van der Waals surface area contributed by atoms with Crippen LogP contribution in [-0.2, 0) is 11.2 Å². The van der Waals surface area contributed by atoms with Crippen molar-refractivity contribution >= 4 is 44.9 Å². The number of hydrogen-bond donors (Lipinski definition) is 1. The van der Waals surface area contributed by atoms with Gasteiger partial charge in [-0.1, -0.05) is 49.7 Å². The number of benzene rings is 1. The first kappa shape index (κ1) is 21.1. The number of amides is 1. The molecule has 1 saturated carbocycles. The molecule has 5 nitrogen and oxygen atoms in total. The first-order chi connectivity index (χ1) is 14.5. The molecule has 0 aliphatic heterocycles. The van der Waals surface area contributed by atoms with Gasteiger partial charge < -0.3 is 5.32 Å². The minimum absolute atomic E-state index is 0.0491. The van der Waals surface area contributed by atoms with Crippen molar-refractivity contribution in [3.05, 3.63) is 50.6 Å². The number of aromatic nitrogens is 2. The van der Waals surface area contributed by atoms with E-state index in [1.165, 1.54) is 11.8 Å². The number of thioether (sulfide) groups is 1. The Labute approximate surface area is 184 Å². The Morgan fingerprint density at radius 1 is 1.27 bits per heavy atom. The Hall–Kier alpha value is -2.12. The number of carbonyl (C=O) groups is 1. The summed E-state index contributed by atoms with van der Waals surface area (Å²) >= 11 is 2.93. The summed E-state index contributed by atoms with van der Waals surface area (Å²) in [5.41, 5.74) is 3.05. The minimum atomic E-state index is -0.0771. The third-order valence-electron chi connectivity index (χ3n) is 5.90. The number of nitrogens with one attached hydrogen (secondary N) is 1. The zero-order chi connectivity index (χ0) is 21.3. The van der Waals surface area contributed by atoms with Crippen molar-refractivity contribution in [3.8, 4) is 0 Å². The second-order valence-corrected chi connectivity index (χ2v) is 9.96. The van der Waals surface area contributed by atoms with Gasteiger partial charge in [0.2, 0.25) is 5.91 Å². The second-order valence-electron chi connectivity index (χ2n) is 7.82. The van der Waals surface area contributed by atoms with Gasteiger partial charge in [0.05, 0.1) is 11.1 Å². The number of nitrogens with zero attached hydrogens (tertiary/aromatic N) is 2. The summed E-state index contributed by atoms with van der Waals surface area (Å²) in [5, 5.41) is 4.43. The zero-order valence-electron chi connectivity index (χ0n) is 17.7. The minimum Gasteiger partial charge on any atom is -0.325 e. The maximum Gasteiger partial charge on any atom is 0.263 e. The number of hydrogen-bond acceptors (Lipinski definition) is 5. The summed E-state index contributed by atoms with van der Waals surface area (Å²) in [4.78, 5) is 32.8. The van der Waals surface area contributed by atoms with Crippen molar-refractivity contribution in [2.75, 3.05) is 11.1 Å². The van der Waals surface area contributed by atoms with E-state index < -0.39 is 0 Å². The van der Waals surface area contributed by atoms with E-state index in [4.69, 9.17) is 4.98 Å². The Morgan fingerprint density at radius 3 is 2.73 bits per heavy atom. The highest BCUT2D eigenvalue weighted by Gasteiger charge is 2.25. The molecule has 158 valence electrons. The molecule has 1 fully saturated rings. The lowest BCUT2D eigenvalue weighted by Gasteiger charge is -2.18. The Kier molecular flexibility index (Phi) is 6.29. The summed E-state index contributed by atoms with van der Waals surface area (Å²) in [6, 6.07) is 8.04. The van der Waals surface area contributed by atoms with E-state index >= 15 is 0 Å². The molecule has 1 aliphatic carbocycles. The van der Waals surface area contributed by atoms with Crippen LogP contribution in [0.3, 0.4) is 0 Å². The maximum atomic E-state index is 13.4. The van der Waals surface area contributed by atoms with Crippen LogP contribution in [-0.4, -0.2) is 21.2 Å². The highest BCUT2D eigenvalue weighted by Crippen LogP contribution is 2.34. The zero-order valence-corrected chi connectivity index (χ0v) is 19.3. The maximum absolute atomic E-state index is 13.4. The van der Waals surface area contributed by atoms with Crippen molar-refractivity contribution < 1.29 is 4.79 Å². The molecule has 1 aliphatic rings.